The molecule has 10 nitrogen and oxygen atoms in total. The van der Waals surface area contributed by atoms with Crippen molar-refractivity contribution in [2.45, 2.75) is 103 Å². The molecular formula is C40H51N5O5. The van der Waals surface area contributed by atoms with Crippen molar-refractivity contribution in [3.63, 3.8) is 0 Å². The van der Waals surface area contributed by atoms with Crippen LogP contribution in [-0.4, -0.2) is 57.8 Å². The molecule has 10 heteroatoms. The van der Waals surface area contributed by atoms with Gasteiger partial charge in [-0.05, 0) is 77.6 Å². The first kappa shape index (κ1) is 36.6. The second-order valence-electron chi connectivity index (χ2n) is 14.2. The minimum Gasteiger partial charge on any atom is -0.508 e. The van der Waals surface area contributed by atoms with Crippen LogP contribution in [-0.2, 0) is 45.0 Å². The van der Waals surface area contributed by atoms with Crippen molar-refractivity contribution in [3.8, 4) is 5.75 Å². The molecule has 0 radical (unpaired) electrons. The number of hydrogen-bond acceptors (Lipinski definition) is 6. The van der Waals surface area contributed by atoms with E-state index in [9.17, 15) is 24.3 Å². The van der Waals surface area contributed by atoms with Gasteiger partial charge in [0.05, 0.1) is 6.04 Å². The molecule has 0 saturated heterocycles. The average molecular weight is 682 g/mol. The summed E-state index contributed by atoms with van der Waals surface area (Å²) in [5.74, 6) is -1.82. The lowest BCUT2D eigenvalue weighted by atomic mass is 9.77. The van der Waals surface area contributed by atoms with Gasteiger partial charge in [0.15, 0.2) is 0 Å². The topological polar surface area (TPSA) is 168 Å². The highest BCUT2D eigenvalue weighted by Crippen LogP contribution is 2.32. The molecule has 2 aliphatic rings. The van der Waals surface area contributed by atoms with E-state index in [1.807, 2.05) is 75.4 Å². The van der Waals surface area contributed by atoms with Crippen LogP contribution < -0.4 is 22.1 Å². The molecule has 3 aromatic rings. The smallest absolute Gasteiger partial charge is 0.243 e. The molecule has 4 amide bonds. The summed E-state index contributed by atoms with van der Waals surface area (Å²) in [5, 5.41) is 15.9. The van der Waals surface area contributed by atoms with E-state index in [0.29, 0.717) is 0 Å². The Labute approximate surface area is 295 Å². The normalized spacial score (nSPS) is 18.6. The predicted molar refractivity (Wildman–Crippen MR) is 193 cm³/mol. The molecule has 1 aliphatic carbocycles. The van der Waals surface area contributed by atoms with Crippen molar-refractivity contribution in [2.24, 2.45) is 23.3 Å². The minimum absolute atomic E-state index is 0.149. The van der Waals surface area contributed by atoms with Crippen LogP contribution in [0.3, 0.4) is 0 Å². The fourth-order valence-corrected chi connectivity index (χ4v) is 7.75. The molecule has 50 heavy (non-hydrogen) atoms. The Bertz CT molecular complexity index is 1670. The number of benzene rings is 3. The van der Waals surface area contributed by atoms with Crippen LogP contribution in [0.2, 0.25) is 0 Å². The molecule has 1 fully saturated rings. The molecule has 1 heterocycles. The first-order chi connectivity index (χ1) is 23.9. The van der Waals surface area contributed by atoms with Crippen LogP contribution in [0.5, 0.6) is 5.75 Å². The van der Waals surface area contributed by atoms with Crippen LogP contribution in [0.25, 0.3) is 0 Å². The van der Waals surface area contributed by atoms with E-state index >= 15 is 0 Å². The number of carbonyl (C=O) groups excluding carboxylic acids is 4. The van der Waals surface area contributed by atoms with Crippen LogP contribution >= 0.6 is 0 Å². The Balaban J connectivity index is 1.41. The summed E-state index contributed by atoms with van der Waals surface area (Å²) in [6, 6.07) is 16.6. The van der Waals surface area contributed by atoms with Gasteiger partial charge in [-0.15, -0.1) is 0 Å². The Hall–Kier alpha value is -4.70. The van der Waals surface area contributed by atoms with Gasteiger partial charge in [-0.25, -0.2) is 0 Å². The van der Waals surface area contributed by atoms with Gasteiger partial charge in [0.1, 0.15) is 23.9 Å². The summed E-state index contributed by atoms with van der Waals surface area (Å²) in [4.78, 5) is 56.8. The van der Waals surface area contributed by atoms with Crippen molar-refractivity contribution in [1.82, 2.24) is 15.5 Å². The van der Waals surface area contributed by atoms with Gasteiger partial charge in [0.25, 0.3) is 0 Å². The number of phenolic OH excluding ortho intramolecular Hbond substituents is 1. The summed E-state index contributed by atoms with van der Waals surface area (Å²) in [6.07, 6.45) is 5.84. The van der Waals surface area contributed by atoms with Gasteiger partial charge in [0, 0.05) is 19.4 Å². The summed E-state index contributed by atoms with van der Waals surface area (Å²) >= 11 is 0. The highest BCUT2D eigenvalue weighted by atomic mass is 16.3. The van der Waals surface area contributed by atoms with E-state index in [-0.39, 0.29) is 49.3 Å². The lowest BCUT2D eigenvalue weighted by Crippen LogP contribution is -2.61. The van der Waals surface area contributed by atoms with Crippen molar-refractivity contribution < 1.29 is 24.3 Å². The molecule has 7 N–H and O–H groups in total. The number of aryl methyl sites for hydroxylation is 2. The van der Waals surface area contributed by atoms with E-state index in [4.69, 9.17) is 11.5 Å². The lowest BCUT2D eigenvalue weighted by Gasteiger charge is -2.39. The summed E-state index contributed by atoms with van der Waals surface area (Å²) in [6.45, 7) is 5.92. The SMILES string of the molecule is Cc1cc(O)cc(C)c1C[C@H](N)C(=O)N1Cc2ccccc2C[C@H]1C(=O)N[C@H](C(=O)N[C@@H](Cc1ccccc1)C(N)=O)[C@@H](C)C1CCCCC1. The number of primary amides is 1. The predicted octanol–water partition coefficient (Wildman–Crippen LogP) is 3.75. The zero-order chi connectivity index (χ0) is 35.9. The Kier molecular flexibility index (Phi) is 12.0. The van der Waals surface area contributed by atoms with Gasteiger partial charge >= 0.3 is 0 Å². The maximum Gasteiger partial charge on any atom is 0.243 e. The van der Waals surface area contributed by atoms with Crippen molar-refractivity contribution in [2.75, 3.05) is 0 Å². The molecule has 1 aliphatic heterocycles. The van der Waals surface area contributed by atoms with E-state index in [0.717, 1.165) is 65.5 Å². The van der Waals surface area contributed by atoms with Gasteiger partial charge < -0.3 is 32.1 Å². The van der Waals surface area contributed by atoms with E-state index in [1.54, 1.807) is 12.1 Å². The van der Waals surface area contributed by atoms with Crippen molar-refractivity contribution in [1.29, 1.82) is 0 Å². The number of amides is 4. The van der Waals surface area contributed by atoms with Crippen LogP contribution in [0.4, 0.5) is 0 Å². The van der Waals surface area contributed by atoms with Gasteiger partial charge in [-0.3, -0.25) is 19.2 Å². The number of rotatable bonds is 12. The van der Waals surface area contributed by atoms with E-state index in [1.165, 1.54) is 4.90 Å². The zero-order valence-corrected chi connectivity index (χ0v) is 29.4. The number of phenols is 1. The van der Waals surface area contributed by atoms with Crippen LogP contribution in [0.15, 0.2) is 66.7 Å². The van der Waals surface area contributed by atoms with Gasteiger partial charge in [-0.2, -0.15) is 0 Å². The molecule has 5 rings (SSSR count). The third kappa shape index (κ3) is 8.71. The third-order valence-corrected chi connectivity index (χ3v) is 10.7. The number of hydrogen-bond donors (Lipinski definition) is 5. The first-order valence-electron chi connectivity index (χ1n) is 17.8. The van der Waals surface area contributed by atoms with Crippen molar-refractivity contribution in [3.05, 3.63) is 100 Å². The second-order valence-corrected chi connectivity index (χ2v) is 14.2. The fraction of sp³-hybridized carbons (Fsp3) is 0.450. The summed E-state index contributed by atoms with van der Waals surface area (Å²) in [7, 11) is 0. The third-order valence-electron chi connectivity index (χ3n) is 10.7. The van der Waals surface area contributed by atoms with Crippen LogP contribution in [0, 0.1) is 25.7 Å². The molecular weight excluding hydrogens is 630 g/mol. The lowest BCUT2D eigenvalue weighted by molar-refractivity contribution is -0.144. The quantitative estimate of drug-likeness (QED) is 0.195. The van der Waals surface area contributed by atoms with Crippen molar-refractivity contribution >= 4 is 23.6 Å². The number of nitrogens with zero attached hydrogens (tertiary/aromatic N) is 1. The highest BCUT2D eigenvalue weighted by Gasteiger charge is 2.40. The van der Waals surface area contributed by atoms with E-state index < -0.39 is 41.9 Å². The number of nitrogens with two attached hydrogens (primary N) is 2. The molecule has 0 spiro atoms. The Morgan fingerprint density at radius 1 is 0.880 bits per heavy atom. The monoisotopic (exact) mass is 681 g/mol. The maximum absolute atomic E-state index is 14.4. The molecule has 0 aromatic heterocycles. The zero-order valence-electron chi connectivity index (χ0n) is 29.4. The second kappa shape index (κ2) is 16.3. The molecule has 266 valence electrons. The van der Waals surface area contributed by atoms with Gasteiger partial charge in [-0.1, -0.05) is 93.6 Å². The molecule has 0 unspecified atom stereocenters. The molecule has 3 aromatic carbocycles. The Morgan fingerprint density at radius 2 is 1.50 bits per heavy atom. The fourth-order valence-electron chi connectivity index (χ4n) is 7.75. The number of fused-ring (bicyclic) bond motifs is 1. The molecule has 0 bridgehead atoms. The minimum atomic E-state index is -0.965. The molecule has 5 atom stereocenters. The average Bonchev–Trinajstić information content (AvgIpc) is 3.11. The van der Waals surface area contributed by atoms with Gasteiger partial charge in [0.2, 0.25) is 23.6 Å². The summed E-state index contributed by atoms with van der Waals surface area (Å²) < 4.78 is 0. The highest BCUT2D eigenvalue weighted by molar-refractivity contribution is 5.95. The number of aromatic hydroxyl groups is 1. The number of nitrogens with one attached hydrogen (secondary N) is 2. The molecule has 1 saturated carbocycles. The van der Waals surface area contributed by atoms with Crippen LogP contribution in [0.1, 0.15) is 72.4 Å². The Morgan fingerprint density at radius 3 is 2.14 bits per heavy atom. The van der Waals surface area contributed by atoms with E-state index in [2.05, 4.69) is 10.6 Å². The first-order valence-corrected chi connectivity index (χ1v) is 17.8. The standard InChI is InChI=1S/C40H51N5O5/c1-24-18-31(46)19-25(2)32(24)22-33(41)40(50)45-23-30-17-11-10-16-29(30)21-35(45)38(48)44-36(26(3)28-14-8-5-9-15-28)39(49)43-34(37(42)47)20-27-12-6-4-7-13-27/h4,6-7,10-13,16-19,26,28,33-36,46H,5,8-9,14-15,20-23,41H2,1-3H3,(H2,42,47)(H,43,49)(H,44,48)/t26-,33-,34-,35-,36-/m0/s1. The summed E-state index contributed by atoms with van der Waals surface area (Å²) in [5.41, 5.74) is 17.6. The largest absolute Gasteiger partial charge is 0.508 e. The number of carbonyl (C=O) groups is 4. The maximum atomic E-state index is 14.4.